The summed E-state index contributed by atoms with van der Waals surface area (Å²) in [6.07, 6.45) is 1.38. The van der Waals surface area contributed by atoms with Crippen LogP contribution in [0.1, 0.15) is 16.8 Å². The number of hydrogen-bond acceptors (Lipinski definition) is 3. The van der Waals surface area contributed by atoms with E-state index in [1.807, 2.05) is 19.0 Å². The second-order valence-corrected chi connectivity index (χ2v) is 4.36. The quantitative estimate of drug-likeness (QED) is 0.832. The number of pyridine rings is 1. The smallest absolute Gasteiger partial charge is 0.309 e. The third-order valence-corrected chi connectivity index (χ3v) is 2.67. The lowest BCUT2D eigenvalue weighted by atomic mass is 10.0. The predicted octanol–water partition coefficient (Wildman–Crippen LogP) is 2.54. The highest BCUT2D eigenvalue weighted by atomic mass is 35.5. The number of nitrogens with zero attached hydrogens (tertiary/aromatic N) is 2. The van der Waals surface area contributed by atoms with Gasteiger partial charge in [-0.1, -0.05) is 30.8 Å². The Hall–Kier alpha value is -1.81. The maximum Gasteiger partial charge on any atom is 0.309 e. The molecule has 1 aromatic heterocycles. The van der Waals surface area contributed by atoms with Gasteiger partial charge in [0.25, 0.3) is 0 Å². The molecule has 4 nitrogen and oxygen atoms in total. The lowest BCUT2D eigenvalue weighted by Gasteiger charge is -2.19. The molecule has 0 saturated carbocycles. The molecule has 1 heterocycles. The maximum absolute atomic E-state index is 10.8. The van der Waals surface area contributed by atoms with Crippen molar-refractivity contribution in [1.82, 2.24) is 9.88 Å². The van der Waals surface area contributed by atoms with Crippen LogP contribution in [0.3, 0.4) is 0 Å². The van der Waals surface area contributed by atoms with Crippen molar-refractivity contribution in [3.05, 3.63) is 41.2 Å². The standard InChI is InChI=1S/C13H15ClN2O2/c1-5-9-10(8(2)16(3)4)6-12(14)15-11(9)7-13(17)18/h5-6H,1-2,7H2,3-4H3,(H,17,18). The van der Waals surface area contributed by atoms with Gasteiger partial charge in [0, 0.05) is 30.9 Å². The van der Waals surface area contributed by atoms with Crippen molar-refractivity contribution >= 4 is 29.3 Å². The van der Waals surface area contributed by atoms with E-state index in [0.29, 0.717) is 11.3 Å². The number of carboxylic acids is 1. The minimum atomic E-state index is -0.964. The van der Waals surface area contributed by atoms with Crippen LogP contribution in [-0.2, 0) is 11.2 Å². The summed E-state index contributed by atoms with van der Waals surface area (Å²) >= 11 is 5.91. The molecular weight excluding hydrogens is 252 g/mol. The first-order valence-corrected chi connectivity index (χ1v) is 5.64. The van der Waals surface area contributed by atoms with Gasteiger partial charge in [0.15, 0.2) is 0 Å². The average Bonchev–Trinajstić information content (AvgIpc) is 2.26. The fourth-order valence-electron chi connectivity index (χ4n) is 1.56. The molecule has 0 bridgehead atoms. The van der Waals surface area contributed by atoms with Crippen LogP contribution in [0.2, 0.25) is 5.15 Å². The van der Waals surface area contributed by atoms with E-state index in [-0.39, 0.29) is 11.6 Å². The molecule has 0 spiro atoms. The van der Waals surface area contributed by atoms with Gasteiger partial charge in [-0.3, -0.25) is 4.79 Å². The van der Waals surface area contributed by atoms with Crippen molar-refractivity contribution in [2.45, 2.75) is 6.42 Å². The molecule has 0 fully saturated rings. The van der Waals surface area contributed by atoms with Crippen molar-refractivity contribution in [1.29, 1.82) is 0 Å². The van der Waals surface area contributed by atoms with Crippen LogP contribution in [0.4, 0.5) is 0 Å². The van der Waals surface area contributed by atoms with E-state index in [1.54, 1.807) is 12.1 Å². The van der Waals surface area contributed by atoms with Crippen molar-refractivity contribution in [3.63, 3.8) is 0 Å². The molecule has 0 aliphatic heterocycles. The molecule has 0 radical (unpaired) electrons. The lowest BCUT2D eigenvalue weighted by Crippen LogP contribution is -2.12. The van der Waals surface area contributed by atoms with Crippen LogP contribution in [-0.4, -0.2) is 35.1 Å². The van der Waals surface area contributed by atoms with Gasteiger partial charge in [-0.2, -0.15) is 0 Å². The van der Waals surface area contributed by atoms with Crippen LogP contribution >= 0.6 is 11.6 Å². The average molecular weight is 267 g/mol. The van der Waals surface area contributed by atoms with Crippen molar-refractivity contribution in [2.24, 2.45) is 0 Å². The van der Waals surface area contributed by atoms with Gasteiger partial charge in [0.2, 0.25) is 0 Å². The molecule has 5 heteroatoms. The van der Waals surface area contributed by atoms with Crippen molar-refractivity contribution in [2.75, 3.05) is 14.1 Å². The van der Waals surface area contributed by atoms with Gasteiger partial charge in [-0.25, -0.2) is 4.98 Å². The highest BCUT2D eigenvalue weighted by Crippen LogP contribution is 2.26. The van der Waals surface area contributed by atoms with Crippen LogP contribution in [0.15, 0.2) is 19.2 Å². The minimum absolute atomic E-state index is 0.199. The Labute approximate surface area is 111 Å². The fourth-order valence-corrected chi connectivity index (χ4v) is 1.77. The third kappa shape index (κ3) is 3.11. The second-order valence-electron chi connectivity index (χ2n) is 3.97. The molecule has 18 heavy (non-hydrogen) atoms. The van der Waals surface area contributed by atoms with Crippen LogP contribution in [0.5, 0.6) is 0 Å². The molecular formula is C13H15ClN2O2. The molecule has 0 aromatic carbocycles. The molecule has 0 saturated heterocycles. The normalized spacial score (nSPS) is 9.94. The summed E-state index contributed by atoms with van der Waals surface area (Å²) < 4.78 is 0. The van der Waals surface area contributed by atoms with E-state index < -0.39 is 5.97 Å². The Bertz CT molecular complexity index is 510. The maximum atomic E-state index is 10.8. The summed E-state index contributed by atoms with van der Waals surface area (Å²) in [7, 11) is 3.70. The number of rotatable bonds is 5. The van der Waals surface area contributed by atoms with E-state index in [4.69, 9.17) is 16.7 Å². The predicted molar refractivity (Wildman–Crippen MR) is 73.4 cm³/mol. The summed E-state index contributed by atoms with van der Waals surface area (Å²) in [6, 6.07) is 1.66. The molecule has 0 aliphatic rings. The zero-order chi connectivity index (χ0) is 13.9. The molecule has 96 valence electrons. The Morgan fingerprint density at radius 2 is 2.22 bits per heavy atom. The van der Waals surface area contributed by atoms with Gasteiger partial charge >= 0.3 is 5.97 Å². The highest BCUT2D eigenvalue weighted by Gasteiger charge is 2.15. The summed E-state index contributed by atoms with van der Waals surface area (Å²) in [5.41, 5.74) is 2.51. The molecule has 1 aromatic rings. The number of aromatic nitrogens is 1. The largest absolute Gasteiger partial charge is 0.481 e. The SMILES string of the molecule is C=Cc1c(C(=C)N(C)C)cc(Cl)nc1CC(=O)O. The van der Waals surface area contributed by atoms with Gasteiger partial charge in [-0.05, 0) is 6.07 Å². The molecule has 1 N–H and O–H groups in total. The van der Waals surface area contributed by atoms with Gasteiger partial charge in [-0.15, -0.1) is 0 Å². The number of carboxylic acid groups (broad SMARTS) is 1. The van der Waals surface area contributed by atoms with E-state index in [1.165, 1.54) is 0 Å². The summed E-state index contributed by atoms with van der Waals surface area (Å²) in [6.45, 7) is 7.63. The minimum Gasteiger partial charge on any atom is -0.481 e. The van der Waals surface area contributed by atoms with E-state index in [2.05, 4.69) is 18.1 Å². The summed E-state index contributed by atoms with van der Waals surface area (Å²) in [5, 5.41) is 9.11. The summed E-state index contributed by atoms with van der Waals surface area (Å²) in [4.78, 5) is 16.7. The Morgan fingerprint density at radius 1 is 1.61 bits per heavy atom. The fraction of sp³-hybridized carbons (Fsp3) is 0.231. The number of carbonyl (C=O) groups is 1. The number of halogens is 1. The zero-order valence-electron chi connectivity index (χ0n) is 10.4. The van der Waals surface area contributed by atoms with Gasteiger partial charge in [0.1, 0.15) is 5.15 Å². The Kier molecular flexibility index (Phi) is 4.50. The number of hydrogen-bond donors (Lipinski definition) is 1. The lowest BCUT2D eigenvalue weighted by molar-refractivity contribution is -0.136. The van der Waals surface area contributed by atoms with Gasteiger partial charge in [0.05, 0.1) is 12.1 Å². The first kappa shape index (κ1) is 14.3. The van der Waals surface area contributed by atoms with E-state index in [0.717, 1.165) is 11.3 Å². The Morgan fingerprint density at radius 3 is 2.67 bits per heavy atom. The highest BCUT2D eigenvalue weighted by molar-refractivity contribution is 6.29. The van der Waals surface area contributed by atoms with E-state index >= 15 is 0 Å². The first-order chi connectivity index (χ1) is 8.36. The van der Waals surface area contributed by atoms with Crippen LogP contribution in [0.25, 0.3) is 11.8 Å². The molecule has 0 atom stereocenters. The monoisotopic (exact) mass is 266 g/mol. The van der Waals surface area contributed by atoms with Crippen LogP contribution < -0.4 is 0 Å². The number of aliphatic carboxylic acids is 1. The molecule has 1 rings (SSSR count). The van der Waals surface area contributed by atoms with Crippen molar-refractivity contribution < 1.29 is 9.90 Å². The van der Waals surface area contributed by atoms with E-state index in [9.17, 15) is 4.79 Å². The second kappa shape index (κ2) is 5.69. The topological polar surface area (TPSA) is 53.4 Å². The molecule has 0 aliphatic carbocycles. The van der Waals surface area contributed by atoms with Crippen molar-refractivity contribution in [3.8, 4) is 0 Å². The van der Waals surface area contributed by atoms with Crippen LogP contribution in [0, 0.1) is 0 Å². The zero-order valence-corrected chi connectivity index (χ0v) is 11.2. The third-order valence-electron chi connectivity index (χ3n) is 2.48. The molecule has 0 amide bonds. The first-order valence-electron chi connectivity index (χ1n) is 5.27. The van der Waals surface area contributed by atoms with Gasteiger partial charge < -0.3 is 10.0 Å². The molecule has 0 unspecified atom stereocenters. The summed E-state index contributed by atoms with van der Waals surface area (Å²) in [5.74, 6) is -0.964. The Balaban J connectivity index is 3.42.